The maximum absolute atomic E-state index is 11.3. The highest BCUT2D eigenvalue weighted by atomic mass is 19.4. The van der Waals surface area contributed by atoms with E-state index in [0.29, 0.717) is 0 Å². The van der Waals surface area contributed by atoms with Crippen LogP contribution >= 0.6 is 0 Å². The Morgan fingerprint density at radius 2 is 2.08 bits per heavy atom. The first-order chi connectivity index (χ1) is 5.42. The second-order valence-electron chi connectivity index (χ2n) is 2.35. The van der Waals surface area contributed by atoms with E-state index in [0.717, 1.165) is 0 Å². The second-order valence-corrected chi connectivity index (χ2v) is 2.35. The van der Waals surface area contributed by atoms with Gasteiger partial charge in [0.15, 0.2) is 0 Å². The van der Waals surface area contributed by atoms with Gasteiger partial charge in [-0.1, -0.05) is 0 Å². The van der Waals surface area contributed by atoms with E-state index >= 15 is 0 Å². The molecule has 0 aromatic rings. The van der Waals surface area contributed by atoms with Crippen LogP contribution in [0.4, 0.5) is 13.2 Å². The standard InChI is InChI=1S/C6H12F3NO2/c1-5(11)4-10-2-3-12-6(7,8)9/h5,10-11H,2-4H2,1H3. The van der Waals surface area contributed by atoms with Crippen LogP contribution in [0.1, 0.15) is 6.92 Å². The van der Waals surface area contributed by atoms with Crippen LogP contribution in [0.3, 0.4) is 0 Å². The molecule has 0 amide bonds. The number of aliphatic hydroxyl groups is 1. The van der Waals surface area contributed by atoms with Gasteiger partial charge in [0.1, 0.15) is 0 Å². The van der Waals surface area contributed by atoms with E-state index in [1.54, 1.807) is 0 Å². The zero-order chi connectivity index (χ0) is 9.61. The average molecular weight is 187 g/mol. The van der Waals surface area contributed by atoms with Crippen LogP contribution in [0.5, 0.6) is 0 Å². The molecule has 0 aromatic heterocycles. The van der Waals surface area contributed by atoms with Crippen LogP contribution in [0, 0.1) is 0 Å². The molecular formula is C6H12F3NO2. The highest BCUT2D eigenvalue weighted by Crippen LogP contribution is 2.14. The molecule has 0 radical (unpaired) electrons. The van der Waals surface area contributed by atoms with Crippen molar-refractivity contribution in [2.75, 3.05) is 19.7 Å². The van der Waals surface area contributed by atoms with E-state index in [4.69, 9.17) is 5.11 Å². The predicted octanol–water partition coefficient (Wildman–Crippen LogP) is 0.493. The lowest BCUT2D eigenvalue weighted by Gasteiger charge is -2.08. The predicted molar refractivity (Wildman–Crippen MR) is 36.6 cm³/mol. The Labute approximate surface area is 68.5 Å². The maximum atomic E-state index is 11.3. The van der Waals surface area contributed by atoms with Crippen molar-refractivity contribution < 1.29 is 23.0 Å². The quantitative estimate of drug-likeness (QED) is 0.615. The zero-order valence-electron chi connectivity index (χ0n) is 6.69. The minimum absolute atomic E-state index is 0.0738. The lowest BCUT2D eigenvalue weighted by molar-refractivity contribution is -0.323. The number of rotatable bonds is 5. The molecule has 1 unspecified atom stereocenters. The lowest BCUT2D eigenvalue weighted by atomic mass is 10.4. The van der Waals surface area contributed by atoms with Crippen LogP contribution in [0.2, 0.25) is 0 Å². The zero-order valence-corrected chi connectivity index (χ0v) is 6.69. The summed E-state index contributed by atoms with van der Waals surface area (Å²) in [5, 5.41) is 11.3. The first-order valence-electron chi connectivity index (χ1n) is 3.51. The summed E-state index contributed by atoms with van der Waals surface area (Å²) in [6, 6.07) is 0. The molecule has 1 atom stereocenters. The van der Waals surface area contributed by atoms with E-state index in [1.807, 2.05) is 0 Å². The number of alkyl halides is 3. The van der Waals surface area contributed by atoms with Gasteiger partial charge in [-0.2, -0.15) is 0 Å². The number of ether oxygens (including phenoxy) is 1. The van der Waals surface area contributed by atoms with Gasteiger partial charge in [-0.15, -0.1) is 13.2 Å². The van der Waals surface area contributed by atoms with E-state index in [9.17, 15) is 13.2 Å². The first kappa shape index (κ1) is 11.7. The summed E-state index contributed by atoms with van der Waals surface area (Å²) in [7, 11) is 0. The minimum Gasteiger partial charge on any atom is -0.392 e. The summed E-state index contributed by atoms with van der Waals surface area (Å²) in [6.45, 7) is 1.44. The minimum atomic E-state index is -4.56. The Morgan fingerprint density at radius 3 is 2.50 bits per heavy atom. The third-order valence-corrected chi connectivity index (χ3v) is 0.984. The summed E-state index contributed by atoms with van der Waals surface area (Å²) in [6.07, 6.45) is -5.12. The summed E-state index contributed by atoms with van der Waals surface area (Å²) in [5.74, 6) is 0. The van der Waals surface area contributed by atoms with Gasteiger partial charge >= 0.3 is 6.36 Å². The topological polar surface area (TPSA) is 41.5 Å². The molecule has 12 heavy (non-hydrogen) atoms. The fourth-order valence-corrected chi connectivity index (χ4v) is 0.550. The second kappa shape index (κ2) is 5.34. The molecule has 74 valence electrons. The van der Waals surface area contributed by atoms with Gasteiger partial charge in [-0.05, 0) is 6.92 Å². The van der Waals surface area contributed by atoms with Crippen molar-refractivity contribution in [3.05, 3.63) is 0 Å². The number of hydrogen-bond acceptors (Lipinski definition) is 3. The van der Waals surface area contributed by atoms with Crippen LogP contribution in [0.25, 0.3) is 0 Å². The van der Waals surface area contributed by atoms with E-state index in [1.165, 1.54) is 6.92 Å². The molecule has 0 saturated heterocycles. The molecule has 0 aliphatic carbocycles. The Bertz CT molecular complexity index is 116. The van der Waals surface area contributed by atoms with Crippen molar-refractivity contribution in [1.29, 1.82) is 0 Å². The smallest absolute Gasteiger partial charge is 0.392 e. The molecule has 0 aromatic carbocycles. The van der Waals surface area contributed by atoms with Crippen LogP contribution in [-0.4, -0.2) is 37.3 Å². The molecule has 0 bridgehead atoms. The third kappa shape index (κ3) is 9.67. The average Bonchev–Trinajstić information content (AvgIpc) is 1.83. The van der Waals surface area contributed by atoms with Crippen molar-refractivity contribution in [2.45, 2.75) is 19.4 Å². The van der Waals surface area contributed by atoms with Gasteiger partial charge in [0.25, 0.3) is 0 Å². The van der Waals surface area contributed by atoms with Gasteiger partial charge in [0, 0.05) is 13.1 Å². The lowest BCUT2D eigenvalue weighted by Crippen LogP contribution is -2.29. The maximum Gasteiger partial charge on any atom is 0.522 e. The summed E-state index contributed by atoms with van der Waals surface area (Å²) in [5.41, 5.74) is 0. The molecule has 0 rings (SSSR count). The first-order valence-corrected chi connectivity index (χ1v) is 3.51. The van der Waals surface area contributed by atoms with Gasteiger partial charge in [0.05, 0.1) is 12.7 Å². The van der Waals surface area contributed by atoms with Crippen LogP contribution in [0.15, 0.2) is 0 Å². The molecule has 0 aliphatic rings. The largest absolute Gasteiger partial charge is 0.522 e. The summed E-state index contributed by atoms with van der Waals surface area (Å²) in [4.78, 5) is 0. The molecule has 0 aliphatic heterocycles. The van der Waals surface area contributed by atoms with Crippen LogP contribution < -0.4 is 5.32 Å². The van der Waals surface area contributed by atoms with Crippen molar-refractivity contribution >= 4 is 0 Å². The molecule has 0 saturated carbocycles. The highest BCUT2D eigenvalue weighted by Gasteiger charge is 2.28. The number of halogens is 3. The van der Waals surface area contributed by atoms with Crippen molar-refractivity contribution in [3.63, 3.8) is 0 Å². The monoisotopic (exact) mass is 187 g/mol. The van der Waals surface area contributed by atoms with E-state index in [2.05, 4.69) is 10.1 Å². The summed E-state index contributed by atoms with van der Waals surface area (Å²) < 4.78 is 37.5. The van der Waals surface area contributed by atoms with Crippen molar-refractivity contribution in [3.8, 4) is 0 Å². The van der Waals surface area contributed by atoms with E-state index < -0.39 is 19.1 Å². The van der Waals surface area contributed by atoms with Gasteiger partial charge in [-0.25, -0.2) is 0 Å². The van der Waals surface area contributed by atoms with Crippen molar-refractivity contribution in [1.82, 2.24) is 5.32 Å². The Morgan fingerprint density at radius 1 is 1.50 bits per heavy atom. The Kier molecular flexibility index (Phi) is 5.19. The molecule has 0 fully saturated rings. The van der Waals surface area contributed by atoms with Gasteiger partial charge in [-0.3, -0.25) is 4.74 Å². The number of hydrogen-bond donors (Lipinski definition) is 2. The third-order valence-electron chi connectivity index (χ3n) is 0.984. The summed E-state index contributed by atoms with van der Waals surface area (Å²) >= 11 is 0. The molecule has 3 nitrogen and oxygen atoms in total. The Balaban J connectivity index is 3.12. The molecule has 0 spiro atoms. The van der Waals surface area contributed by atoms with E-state index in [-0.39, 0.29) is 13.1 Å². The molecule has 6 heteroatoms. The van der Waals surface area contributed by atoms with Gasteiger partial charge in [0.2, 0.25) is 0 Å². The molecule has 0 heterocycles. The SMILES string of the molecule is CC(O)CNCCOC(F)(F)F. The van der Waals surface area contributed by atoms with Crippen LogP contribution in [-0.2, 0) is 4.74 Å². The van der Waals surface area contributed by atoms with Gasteiger partial charge < -0.3 is 10.4 Å². The fraction of sp³-hybridized carbons (Fsp3) is 1.00. The highest BCUT2D eigenvalue weighted by molar-refractivity contribution is 4.51. The fourth-order valence-electron chi connectivity index (χ4n) is 0.550. The normalized spacial score (nSPS) is 14.8. The number of aliphatic hydroxyl groups excluding tert-OH is 1. The number of nitrogens with one attached hydrogen (secondary N) is 1. The van der Waals surface area contributed by atoms with Crippen molar-refractivity contribution in [2.24, 2.45) is 0 Å². The Hall–Kier alpha value is -0.330. The molecule has 2 N–H and O–H groups in total. The molecular weight excluding hydrogens is 175 g/mol.